The lowest BCUT2D eigenvalue weighted by Gasteiger charge is -2.22. The van der Waals surface area contributed by atoms with E-state index in [4.69, 9.17) is 9.47 Å². The molecule has 0 bridgehead atoms. The highest BCUT2D eigenvalue weighted by atomic mass is 16.6. The summed E-state index contributed by atoms with van der Waals surface area (Å²) in [5.41, 5.74) is 6.65. The third kappa shape index (κ3) is 8.71. The van der Waals surface area contributed by atoms with E-state index in [-0.39, 0.29) is 12.3 Å². The van der Waals surface area contributed by atoms with Crippen LogP contribution in [0, 0.1) is 0 Å². The van der Waals surface area contributed by atoms with Gasteiger partial charge in [0.15, 0.2) is 0 Å². The van der Waals surface area contributed by atoms with Gasteiger partial charge < -0.3 is 35.5 Å². The largest absolute Gasteiger partial charge is 0.480 e. The van der Waals surface area contributed by atoms with Crippen molar-refractivity contribution < 1.29 is 29.0 Å². The first-order chi connectivity index (χ1) is 22.6. The SMILES string of the molecule is CC(C)(C)OC(=O)N[C@H](Cc1c(CNCCCCCNC(=O)OCC2c3ccccc3-c3ccccc32)[nH]c2ccccc12)C(=O)O. The second-order valence-corrected chi connectivity index (χ2v) is 12.9. The van der Waals surface area contributed by atoms with Gasteiger partial charge in [-0.15, -0.1) is 0 Å². The Balaban J connectivity index is 1.04. The molecule has 1 atom stereocenters. The summed E-state index contributed by atoms with van der Waals surface area (Å²) in [5, 5.41) is 19.6. The van der Waals surface area contributed by atoms with Crippen molar-refractivity contribution in [1.82, 2.24) is 20.9 Å². The van der Waals surface area contributed by atoms with Gasteiger partial charge in [-0.2, -0.15) is 0 Å². The number of benzene rings is 3. The maximum Gasteiger partial charge on any atom is 0.408 e. The van der Waals surface area contributed by atoms with Gasteiger partial charge in [0.1, 0.15) is 18.2 Å². The summed E-state index contributed by atoms with van der Waals surface area (Å²) >= 11 is 0. The number of carbonyl (C=O) groups is 3. The summed E-state index contributed by atoms with van der Waals surface area (Å²) in [6.45, 7) is 7.28. The van der Waals surface area contributed by atoms with Crippen molar-refractivity contribution in [2.75, 3.05) is 19.7 Å². The first-order valence-electron chi connectivity index (χ1n) is 16.2. The molecule has 5 N–H and O–H groups in total. The zero-order chi connectivity index (χ0) is 33.4. The first-order valence-corrected chi connectivity index (χ1v) is 16.2. The molecule has 0 unspecified atom stereocenters. The molecule has 1 aromatic heterocycles. The van der Waals surface area contributed by atoms with Crippen molar-refractivity contribution in [3.05, 3.63) is 95.2 Å². The number of aromatic nitrogens is 1. The van der Waals surface area contributed by atoms with Crippen LogP contribution in [0.25, 0.3) is 22.0 Å². The normalized spacial score (nSPS) is 13.1. The van der Waals surface area contributed by atoms with Gasteiger partial charge in [0.05, 0.1) is 0 Å². The smallest absolute Gasteiger partial charge is 0.408 e. The molecular formula is C37H44N4O6. The van der Waals surface area contributed by atoms with Gasteiger partial charge >= 0.3 is 18.2 Å². The lowest BCUT2D eigenvalue weighted by atomic mass is 9.98. The van der Waals surface area contributed by atoms with Gasteiger partial charge in [0.25, 0.3) is 0 Å². The number of ether oxygens (including phenoxy) is 2. The van der Waals surface area contributed by atoms with Crippen LogP contribution in [0.3, 0.4) is 0 Å². The number of fused-ring (bicyclic) bond motifs is 4. The summed E-state index contributed by atoms with van der Waals surface area (Å²) in [6.07, 6.45) is 1.57. The van der Waals surface area contributed by atoms with Crippen LogP contribution in [0.1, 0.15) is 68.3 Å². The van der Waals surface area contributed by atoms with Gasteiger partial charge in [-0.25, -0.2) is 14.4 Å². The zero-order valence-corrected chi connectivity index (χ0v) is 27.2. The highest BCUT2D eigenvalue weighted by molar-refractivity contribution is 5.87. The number of nitrogens with one attached hydrogen (secondary N) is 4. The number of rotatable bonds is 14. The van der Waals surface area contributed by atoms with E-state index in [1.54, 1.807) is 20.8 Å². The highest BCUT2D eigenvalue weighted by Gasteiger charge is 2.29. The summed E-state index contributed by atoms with van der Waals surface area (Å²) in [7, 11) is 0. The van der Waals surface area contributed by atoms with Crippen LogP contribution in [0.15, 0.2) is 72.8 Å². The predicted molar refractivity (Wildman–Crippen MR) is 181 cm³/mol. The average Bonchev–Trinajstić information content (AvgIpc) is 3.55. The number of aliphatic carboxylic acids is 1. The fourth-order valence-electron chi connectivity index (χ4n) is 6.10. The number of para-hydroxylation sites is 1. The van der Waals surface area contributed by atoms with Crippen LogP contribution >= 0.6 is 0 Å². The number of carboxylic acids is 1. The number of H-pyrrole nitrogens is 1. The van der Waals surface area contributed by atoms with E-state index in [1.165, 1.54) is 22.3 Å². The number of carboxylic acid groups (broad SMARTS) is 1. The summed E-state index contributed by atoms with van der Waals surface area (Å²) in [5.74, 6) is -1.10. The van der Waals surface area contributed by atoms with Gasteiger partial charge in [-0.3, -0.25) is 0 Å². The lowest BCUT2D eigenvalue weighted by Crippen LogP contribution is -2.44. The monoisotopic (exact) mass is 640 g/mol. The van der Waals surface area contributed by atoms with Gasteiger partial charge in [-0.1, -0.05) is 73.2 Å². The number of hydrogen-bond acceptors (Lipinski definition) is 6. The average molecular weight is 641 g/mol. The van der Waals surface area contributed by atoms with E-state index in [0.717, 1.165) is 48.0 Å². The number of carbonyl (C=O) groups excluding carboxylic acids is 2. The molecular weight excluding hydrogens is 596 g/mol. The number of unbranched alkanes of at least 4 members (excludes halogenated alkanes) is 2. The van der Waals surface area contributed by atoms with Crippen molar-refractivity contribution in [2.24, 2.45) is 0 Å². The Morgan fingerprint density at radius 2 is 1.49 bits per heavy atom. The number of hydrogen-bond donors (Lipinski definition) is 5. The summed E-state index contributed by atoms with van der Waals surface area (Å²) in [4.78, 5) is 40.2. The van der Waals surface area contributed by atoms with E-state index in [0.29, 0.717) is 19.7 Å². The second kappa shape index (κ2) is 15.2. The molecule has 10 nitrogen and oxygen atoms in total. The predicted octanol–water partition coefficient (Wildman–Crippen LogP) is 6.49. The molecule has 0 radical (unpaired) electrons. The Hall–Kier alpha value is -4.83. The Kier molecular flexibility index (Phi) is 10.8. The van der Waals surface area contributed by atoms with E-state index in [2.05, 4.69) is 45.2 Å². The molecule has 0 aliphatic heterocycles. The van der Waals surface area contributed by atoms with Gasteiger partial charge in [0, 0.05) is 42.0 Å². The third-order valence-corrected chi connectivity index (χ3v) is 8.24. The summed E-state index contributed by atoms with van der Waals surface area (Å²) < 4.78 is 10.9. The Morgan fingerprint density at radius 3 is 2.17 bits per heavy atom. The molecule has 3 aromatic carbocycles. The van der Waals surface area contributed by atoms with Crippen LogP contribution in [0.4, 0.5) is 9.59 Å². The van der Waals surface area contributed by atoms with E-state index in [1.807, 2.05) is 48.5 Å². The van der Waals surface area contributed by atoms with Gasteiger partial charge in [-0.05, 0) is 74.0 Å². The quantitative estimate of drug-likeness (QED) is 0.0993. The minimum absolute atomic E-state index is 0.0354. The zero-order valence-electron chi connectivity index (χ0n) is 27.2. The molecule has 0 saturated heterocycles. The number of amides is 2. The molecule has 0 saturated carbocycles. The van der Waals surface area contributed by atoms with Crippen LogP contribution in [-0.2, 0) is 27.2 Å². The Morgan fingerprint density at radius 1 is 0.851 bits per heavy atom. The van der Waals surface area contributed by atoms with E-state index >= 15 is 0 Å². The summed E-state index contributed by atoms with van der Waals surface area (Å²) in [6, 6.07) is 23.1. The standard InChI is InChI=1S/C37H44N4O6/c1-37(2,3)47-36(45)41-32(34(42)43)21-29-28-17-9-10-18-31(28)40-33(29)22-38-19-11-4-12-20-39-35(44)46-23-30-26-15-7-5-13-24(26)25-14-6-8-16-27(25)30/h5-10,13-18,30,32,38,40H,4,11-12,19-23H2,1-3H3,(H,39,44)(H,41,45)(H,42,43)/t32-/m1/s1. The van der Waals surface area contributed by atoms with Gasteiger partial charge in [0.2, 0.25) is 0 Å². The molecule has 10 heteroatoms. The van der Waals surface area contributed by atoms with Crippen LogP contribution in [0.2, 0.25) is 0 Å². The molecule has 1 aliphatic rings. The molecule has 5 rings (SSSR count). The number of alkyl carbamates (subject to hydrolysis) is 2. The fraction of sp³-hybridized carbons (Fsp3) is 0.378. The molecule has 248 valence electrons. The van der Waals surface area contributed by atoms with Crippen LogP contribution < -0.4 is 16.0 Å². The van der Waals surface area contributed by atoms with Crippen molar-refractivity contribution >= 4 is 29.1 Å². The van der Waals surface area contributed by atoms with Crippen molar-refractivity contribution in [3.63, 3.8) is 0 Å². The Bertz CT molecular complexity index is 1660. The van der Waals surface area contributed by atoms with Crippen LogP contribution in [0.5, 0.6) is 0 Å². The maximum atomic E-state index is 12.4. The minimum Gasteiger partial charge on any atom is -0.480 e. The first kappa shape index (κ1) is 33.5. The number of aromatic amines is 1. The molecule has 0 fully saturated rings. The molecule has 2 amide bonds. The minimum atomic E-state index is -1.15. The molecule has 0 spiro atoms. The van der Waals surface area contributed by atoms with E-state index < -0.39 is 29.8 Å². The fourth-order valence-corrected chi connectivity index (χ4v) is 6.10. The Labute approximate surface area is 275 Å². The lowest BCUT2D eigenvalue weighted by molar-refractivity contribution is -0.139. The van der Waals surface area contributed by atoms with E-state index in [9.17, 15) is 19.5 Å². The maximum absolute atomic E-state index is 12.4. The second-order valence-electron chi connectivity index (χ2n) is 12.9. The molecule has 1 heterocycles. The molecule has 1 aliphatic carbocycles. The third-order valence-electron chi connectivity index (χ3n) is 8.24. The highest BCUT2D eigenvalue weighted by Crippen LogP contribution is 2.44. The van der Waals surface area contributed by atoms with Crippen molar-refractivity contribution in [2.45, 2.75) is 70.6 Å². The van der Waals surface area contributed by atoms with Crippen molar-refractivity contribution in [3.8, 4) is 11.1 Å². The molecule has 47 heavy (non-hydrogen) atoms. The molecule has 4 aromatic rings. The van der Waals surface area contributed by atoms with Crippen LogP contribution in [-0.4, -0.2) is 59.6 Å². The van der Waals surface area contributed by atoms with Crippen molar-refractivity contribution in [1.29, 1.82) is 0 Å². The topological polar surface area (TPSA) is 142 Å².